The molecule has 1 N–H and O–H groups in total. The lowest BCUT2D eigenvalue weighted by molar-refractivity contribution is -0.132. The molecule has 1 aromatic carbocycles. The zero-order valence-electron chi connectivity index (χ0n) is 17.2. The molecule has 156 valence electrons. The lowest BCUT2D eigenvalue weighted by Gasteiger charge is -2.32. The highest BCUT2D eigenvalue weighted by Crippen LogP contribution is 2.25. The molecule has 6 nitrogen and oxygen atoms in total. The molecule has 2 rings (SSSR count). The van der Waals surface area contributed by atoms with Crippen LogP contribution in [0.25, 0.3) is 0 Å². The molecule has 0 spiro atoms. The Morgan fingerprint density at radius 1 is 1.25 bits per heavy atom. The first-order valence-corrected chi connectivity index (χ1v) is 11.2. The van der Waals surface area contributed by atoms with E-state index in [1.807, 2.05) is 29.4 Å². The highest BCUT2D eigenvalue weighted by Gasteiger charge is 2.23. The molecule has 1 heterocycles. The summed E-state index contributed by atoms with van der Waals surface area (Å²) in [6.45, 7) is 2.07. The van der Waals surface area contributed by atoms with Crippen LogP contribution >= 0.6 is 11.8 Å². The smallest absolute Gasteiger partial charge is 0.223 e. The first-order chi connectivity index (χ1) is 13.6. The van der Waals surface area contributed by atoms with Crippen LogP contribution in [0.3, 0.4) is 0 Å². The van der Waals surface area contributed by atoms with Crippen LogP contribution in [0, 0.1) is 5.92 Å². The van der Waals surface area contributed by atoms with Gasteiger partial charge in [0.1, 0.15) is 11.5 Å². The van der Waals surface area contributed by atoms with Gasteiger partial charge >= 0.3 is 0 Å². The van der Waals surface area contributed by atoms with E-state index < -0.39 is 0 Å². The number of thioether (sulfide) groups is 1. The molecule has 1 aliphatic rings. The molecule has 7 heteroatoms. The van der Waals surface area contributed by atoms with Gasteiger partial charge in [0.15, 0.2) is 0 Å². The van der Waals surface area contributed by atoms with Gasteiger partial charge in [-0.2, -0.15) is 11.8 Å². The average Bonchev–Trinajstić information content (AvgIpc) is 2.74. The zero-order chi connectivity index (χ0) is 20.4. The predicted molar refractivity (Wildman–Crippen MR) is 113 cm³/mol. The predicted octanol–water partition coefficient (Wildman–Crippen LogP) is 3.09. The Bertz CT molecular complexity index is 653. The summed E-state index contributed by atoms with van der Waals surface area (Å²) in [6.07, 6.45) is 6.05. The van der Waals surface area contributed by atoms with E-state index in [2.05, 4.69) is 5.32 Å². The molecular weight excluding hydrogens is 376 g/mol. The number of nitrogens with zero attached hydrogens (tertiary/aromatic N) is 1. The van der Waals surface area contributed by atoms with Crippen LogP contribution in [0.5, 0.6) is 11.5 Å². The second-order valence-electron chi connectivity index (χ2n) is 7.08. The highest BCUT2D eigenvalue weighted by atomic mass is 32.2. The number of carbonyl (C=O) groups excluding carboxylic acids is 2. The average molecular weight is 409 g/mol. The van der Waals surface area contributed by atoms with Gasteiger partial charge in [-0.15, -0.1) is 0 Å². The number of rotatable bonds is 10. The molecular formula is C21H32N2O4S. The molecule has 0 saturated carbocycles. The molecule has 1 saturated heterocycles. The molecule has 0 aromatic heterocycles. The van der Waals surface area contributed by atoms with Gasteiger partial charge in [-0.05, 0) is 43.6 Å². The van der Waals surface area contributed by atoms with Gasteiger partial charge in [0.05, 0.1) is 14.2 Å². The summed E-state index contributed by atoms with van der Waals surface area (Å²) in [4.78, 5) is 26.5. The molecule has 1 fully saturated rings. The number of likely N-dealkylation sites (tertiary alicyclic amines) is 1. The Morgan fingerprint density at radius 2 is 2.07 bits per heavy atom. The summed E-state index contributed by atoms with van der Waals surface area (Å²) in [5.41, 5.74) is 0.917. The molecule has 0 bridgehead atoms. The van der Waals surface area contributed by atoms with Crippen LogP contribution in [0.1, 0.15) is 37.7 Å². The number of hydrogen-bond donors (Lipinski definition) is 1. The van der Waals surface area contributed by atoms with Crippen molar-refractivity contribution >= 4 is 23.6 Å². The highest BCUT2D eigenvalue weighted by molar-refractivity contribution is 7.98. The number of amides is 2. The van der Waals surface area contributed by atoms with E-state index in [4.69, 9.17) is 9.47 Å². The third kappa shape index (κ3) is 6.93. The number of carbonyl (C=O) groups is 2. The van der Waals surface area contributed by atoms with Crippen molar-refractivity contribution in [2.24, 2.45) is 5.92 Å². The minimum atomic E-state index is 0.0312. The third-order valence-electron chi connectivity index (χ3n) is 5.14. The maximum atomic E-state index is 12.3. The van der Waals surface area contributed by atoms with Gasteiger partial charge in [0, 0.05) is 49.9 Å². The molecule has 1 aliphatic heterocycles. The van der Waals surface area contributed by atoms with Gasteiger partial charge in [-0.3, -0.25) is 9.59 Å². The maximum Gasteiger partial charge on any atom is 0.223 e. The zero-order valence-corrected chi connectivity index (χ0v) is 18.0. The third-order valence-corrected chi connectivity index (χ3v) is 5.75. The number of benzene rings is 1. The van der Waals surface area contributed by atoms with Crippen molar-refractivity contribution in [2.45, 2.75) is 38.6 Å². The Balaban J connectivity index is 1.75. The van der Waals surface area contributed by atoms with Gasteiger partial charge in [-0.1, -0.05) is 0 Å². The lowest BCUT2D eigenvalue weighted by atomic mass is 9.93. The monoisotopic (exact) mass is 408 g/mol. The quantitative estimate of drug-likeness (QED) is 0.644. The minimum absolute atomic E-state index is 0.0312. The number of ether oxygens (including phenoxy) is 2. The van der Waals surface area contributed by atoms with Crippen molar-refractivity contribution in [3.05, 3.63) is 23.8 Å². The van der Waals surface area contributed by atoms with E-state index in [1.54, 1.807) is 26.0 Å². The Labute approximate surface area is 172 Å². The molecule has 28 heavy (non-hydrogen) atoms. The number of methoxy groups -OCH3 is 2. The Hall–Kier alpha value is -1.89. The summed E-state index contributed by atoms with van der Waals surface area (Å²) < 4.78 is 10.6. The van der Waals surface area contributed by atoms with Crippen molar-refractivity contribution < 1.29 is 19.1 Å². The van der Waals surface area contributed by atoms with E-state index in [0.717, 1.165) is 49.4 Å². The molecule has 0 radical (unpaired) electrons. The second kappa shape index (κ2) is 11.8. The lowest BCUT2D eigenvalue weighted by Crippen LogP contribution is -2.40. The number of hydrogen-bond acceptors (Lipinski definition) is 5. The van der Waals surface area contributed by atoms with Crippen molar-refractivity contribution in [1.29, 1.82) is 0 Å². The Kier molecular flexibility index (Phi) is 9.47. The summed E-state index contributed by atoms with van der Waals surface area (Å²) in [5, 5.41) is 2.97. The molecule has 0 aliphatic carbocycles. The SMILES string of the molecule is COc1ccc(CNC(=O)CC[C@@H]2CCCN(C(=O)CCSC)C2)c(OC)c1. The fourth-order valence-electron chi connectivity index (χ4n) is 3.49. The van der Waals surface area contributed by atoms with Crippen LogP contribution in [-0.4, -0.2) is 56.0 Å². The largest absolute Gasteiger partial charge is 0.497 e. The minimum Gasteiger partial charge on any atom is -0.497 e. The Morgan fingerprint density at radius 3 is 2.79 bits per heavy atom. The second-order valence-corrected chi connectivity index (χ2v) is 8.07. The molecule has 2 amide bonds. The van der Waals surface area contributed by atoms with E-state index in [1.165, 1.54) is 0 Å². The molecule has 1 atom stereocenters. The first-order valence-electron chi connectivity index (χ1n) is 9.81. The van der Waals surface area contributed by atoms with Gasteiger partial charge in [-0.25, -0.2) is 0 Å². The van der Waals surface area contributed by atoms with E-state index in [0.29, 0.717) is 31.1 Å². The summed E-state index contributed by atoms with van der Waals surface area (Å²) in [6, 6.07) is 5.57. The summed E-state index contributed by atoms with van der Waals surface area (Å²) in [5.74, 6) is 2.98. The molecule has 0 unspecified atom stereocenters. The van der Waals surface area contributed by atoms with Gasteiger partial charge in [0.2, 0.25) is 11.8 Å². The van der Waals surface area contributed by atoms with Crippen molar-refractivity contribution in [3.63, 3.8) is 0 Å². The maximum absolute atomic E-state index is 12.3. The van der Waals surface area contributed by atoms with E-state index in [9.17, 15) is 9.59 Å². The summed E-state index contributed by atoms with van der Waals surface area (Å²) >= 11 is 1.70. The van der Waals surface area contributed by atoms with Crippen molar-refractivity contribution in [1.82, 2.24) is 10.2 Å². The standard InChI is InChI=1S/C21H32N2O4S/c1-26-18-8-7-17(19(13-18)27-2)14-22-20(24)9-6-16-5-4-11-23(15-16)21(25)10-12-28-3/h7-8,13,16H,4-6,9-12,14-15H2,1-3H3,(H,22,24)/t16-/m0/s1. The first kappa shape index (κ1) is 22.4. The van der Waals surface area contributed by atoms with Crippen molar-refractivity contribution in [2.75, 3.05) is 39.3 Å². The van der Waals surface area contributed by atoms with Crippen LogP contribution in [0.4, 0.5) is 0 Å². The number of nitrogens with one attached hydrogen (secondary N) is 1. The van der Waals surface area contributed by atoms with Crippen molar-refractivity contribution in [3.8, 4) is 11.5 Å². The fourth-order valence-corrected chi connectivity index (χ4v) is 3.87. The van der Waals surface area contributed by atoms with Gasteiger partial charge < -0.3 is 19.7 Å². The van der Waals surface area contributed by atoms with Crippen LogP contribution < -0.4 is 14.8 Å². The fraction of sp³-hybridized carbons (Fsp3) is 0.619. The normalized spacial score (nSPS) is 16.5. The number of piperidine rings is 1. The summed E-state index contributed by atoms with van der Waals surface area (Å²) in [7, 11) is 3.22. The van der Waals surface area contributed by atoms with Crippen LogP contribution in [0.15, 0.2) is 18.2 Å². The molecule has 1 aromatic rings. The van der Waals surface area contributed by atoms with Gasteiger partial charge in [0.25, 0.3) is 0 Å². The van der Waals surface area contributed by atoms with E-state index in [-0.39, 0.29) is 11.8 Å². The topological polar surface area (TPSA) is 67.9 Å². The van der Waals surface area contributed by atoms with E-state index >= 15 is 0 Å². The van der Waals surface area contributed by atoms with Crippen LogP contribution in [-0.2, 0) is 16.1 Å². The van der Waals surface area contributed by atoms with Crippen LogP contribution in [0.2, 0.25) is 0 Å².